The lowest BCUT2D eigenvalue weighted by atomic mass is 10.2. The molecule has 1 heterocycles. The summed E-state index contributed by atoms with van der Waals surface area (Å²) in [4.78, 5) is 22.2. The highest BCUT2D eigenvalue weighted by atomic mass is 35.5. The summed E-state index contributed by atoms with van der Waals surface area (Å²) in [5, 5.41) is 11.7. The van der Waals surface area contributed by atoms with Crippen molar-refractivity contribution in [2.24, 2.45) is 0 Å². The number of esters is 1. The van der Waals surface area contributed by atoms with Gasteiger partial charge in [0.05, 0.1) is 29.2 Å². The lowest BCUT2D eigenvalue weighted by molar-refractivity contribution is -0.385. The van der Waals surface area contributed by atoms with E-state index in [1.807, 2.05) is 0 Å². The lowest BCUT2D eigenvalue weighted by Gasteiger charge is -2.08. The second-order valence-corrected chi connectivity index (χ2v) is 5.07. The van der Waals surface area contributed by atoms with Gasteiger partial charge in [0.15, 0.2) is 0 Å². The molecule has 8 heteroatoms. The third-order valence-electron chi connectivity index (χ3n) is 2.84. The minimum absolute atomic E-state index is 0.0774. The van der Waals surface area contributed by atoms with Gasteiger partial charge in [0.1, 0.15) is 5.69 Å². The van der Waals surface area contributed by atoms with Crippen LogP contribution in [-0.2, 0) is 11.3 Å². The summed E-state index contributed by atoms with van der Waals surface area (Å²) in [5.41, 5.74) is 0.488. The van der Waals surface area contributed by atoms with Crippen LogP contribution in [0.5, 0.6) is 0 Å². The number of ether oxygens (including phenoxy) is 1. The van der Waals surface area contributed by atoms with Crippen molar-refractivity contribution in [2.75, 3.05) is 7.11 Å². The molecule has 1 aromatic heterocycles. The Morgan fingerprint density at radius 1 is 1.33 bits per heavy atom. The van der Waals surface area contributed by atoms with Crippen molar-refractivity contribution in [3.63, 3.8) is 0 Å². The maximum absolute atomic E-state index is 11.7. The first-order chi connectivity index (χ1) is 9.92. The SMILES string of the molecule is COC(=O)c1cc(Cl)cn1Cc1cc(Cl)ccc1[N+](=O)[O-]. The molecule has 0 saturated carbocycles. The molecule has 0 amide bonds. The molecule has 0 unspecified atom stereocenters. The topological polar surface area (TPSA) is 74.4 Å². The number of rotatable bonds is 4. The second kappa shape index (κ2) is 6.15. The fourth-order valence-corrected chi connectivity index (χ4v) is 2.34. The predicted octanol–water partition coefficient (Wildman–Crippen LogP) is 3.54. The molecule has 0 spiro atoms. The zero-order chi connectivity index (χ0) is 15.6. The average molecular weight is 329 g/mol. The van der Waals surface area contributed by atoms with Crippen molar-refractivity contribution in [1.29, 1.82) is 0 Å². The number of benzene rings is 1. The normalized spacial score (nSPS) is 10.4. The summed E-state index contributed by atoms with van der Waals surface area (Å²) >= 11 is 11.8. The van der Waals surface area contributed by atoms with Crippen molar-refractivity contribution in [1.82, 2.24) is 4.57 Å². The van der Waals surface area contributed by atoms with Crippen molar-refractivity contribution >= 4 is 34.9 Å². The van der Waals surface area contributed by atoms with Crippen LogP contribution in [0.3, 0.4) is 0 Å². The van der Waals surface area contributed by atoms with Crippen molar-refractivity contribution in [3.05, 3.63) is 61.9 Å². The number of carbonyl (C=O) groups excluding carboxylic acids is 1. The van der Waals surface area contributed by atoms with Crippen LogP contribution in [0.4, 0.5) is 5.69 Å². The van der Waals surface area contributed by atoms with E-state index in [1.54, 1.807) is 0 Å². The third-order valence-corrected chi connectivity index (χ3v) is 3.28. The van der Waals surface area contributed by atoms with Crippen LogP contribution in [0.1, 0.15) is 16.1 Å². The Morgan fingerprint density at radius 3 is 2.67 bits per heavy atom. The molecule has 0 N–H and O–H groups in total. The molecule has 0 fully saturated rings. The van der Waals surface area contributed by atoms with Gasteiger partial charge in [0.25, 0.3) is 5.69 Å². The molecule has 0 radical (unpaired) electrons. The fraction of sp³-hybridized carbons (Fsp3) is 0.154. The van der Waals surface area contributed by atoms with Gasteiger partial charge in [-0.2, -0.15) is 0 Å². The zero-order valence-electron chi connectivity index (χ0n) is 10.9. The Bertz CT molecular complexity index is 712. The first-order valence-electron chi connectivity index (χ1n) is 5.79. The first-order valence-corrected chi connectivity index (χ1v) is 6.54. The van der Waals surface area contributed by atoms with Crippen LogP contribution in [-0.4, -0.2) is 22.6 Å². The molecule has 0 atom stereocenters. The average Bonchev–Trinajstić information content (AvgIpc) is 2.78. The molecule has 2 aromatic rings. The van der Waals surface area contributed by atoms with Crippen molar-refractivity contribution in [2.45, 2.75) is 6.54 Å². The highest BCUT2D eigenvalue weighted by molar-refractivity contribution is 6.31. The molecule has 0 aliphatic rings. The van der Waals surface area contributed by atoms with Crippen LogP contribution in [0.2, 0.25) is 10.0 Å². The Hall–Kier alpha value is -2.05. The Morgan fingerprint density at radius 2 is 2.05 bits per heavy atom. The van der Waals surface area contributed by atoms with E-state index in [9.17, 15) is 14.9 Å². The molecule has 6 nitrogen and oxygen atoms in total. The predicted molar refractivity (Wildman–Crippen MR) is 78.0 cm³/mol. The molecule has 0 bridgehead atoms. The first kappa shape index (κ1) is 15.3. The monoisotopic (exact) mass is 328 g/mol. The van der Waals surface area contributed by atoms with E-state index in [4.69, 9.17) is 23.2 Å². The quantitative estimate of drug-likeness (QED) is 0.488. The maximum atomic E-state index is 11.7. The molecule has 1 aromatic carbocycles. The van der Waals surface area contributed by atoms with Crippen LogP contribution in [0, 0.1) is 10.1 Å². The molecule has 2 rings (SSSR count). The fourth-order valence-electron chi connectivity index (χ4n) is 1.92. The van der Waals surface area contributed by atoms with Gasteiger partial charge in [-0.3, -0.25) is 10.1 Å². The molecule has 0 aliphatic heterocycles. The van der Waals surface area contributed by atoms with Crippen LogP contribution >= 0.6 is 23.2 Å². The minimum atomic E-state index is -0.577. The van der Waals surface area contributed by atoms with Crippen molar-refractivity contribution < 1.29 is 14.5 Å². The number of aromatic nitrogens is 1. The van der Waals surface area contributed by atoms with Crippen LogP contribution in [0.15, 0.2) is 30.5 Å². The minimum Gasteiger partial charge on any atom is -0.464 e. The lowest BCUT2D eigenvalue weighted by Crippen LogP contribution is -2.11. The number of nitro benzene ring substituents is 1. The van der Waals surface area contributed by atoms with Gasteiger partial charge in [0, 0.05) is 17.3 Å². The molecule has 0 aliphatic carbocycles. The largest absolute Gasteiger partial charge is 0.464 e. The highest BCUT2D eigenvalue weighted by Crippen LogP contribution is 2.25. The summed E-state index contributed by atoms with van der Waals surface area (Å²) in [5.74, 6) is -0.577. The summed E-state index contributed by atoms with van der Waals surface area (Å²) in [6.07, 6.45) is 1.50. The van der Waals surface area contributed by atoms with Crippen molar-refractivity contribution in [3.8, 4) is 0 Å². The standard InChI is InChI=1S/C13H10Cl2N2O4/c1-21-13(18)12-5-10(15)7-16(12)6-8-4-9(14)2-3-11(8)17(19)20/h2-5,7H,6H2,1H3. The van der Waals surface area contributed by atoms with E-state index in [0.717, 1.165) is 0 Å². The molecular formula is C13H10Cl2N2O4. The number of halogens is 2. The molecular weight excluding hydrogens is 319 g/mol. The Labute approximate surface area is 130 Å². The molecule has 21 heavy (non-hydrogen) atoms. The highest BCUT2D eigenvalue weighted by Gasteiger charge is 2.18. The van der Waals surface area contributed by atoms with E-state index >= 15 is 0 Å². The summed E-state index contributed by atoms with van der Waals surface area (Å²) in [6.45, 7) is 0.0774. The number of nitro groups is 1. The summed E-state index contributed by atoms with van der Waals surface area (Å²) < 4.78 is 6.13. The third kappa shape index (κ3) is 3.34. The maximum Gasteiger partial charge on any atom is 0.354 e. The summed E-state index contributed by atoms with van der Waals surface area (Å²) in [7, 11) is 1.25. The van der Waals surface area contributed by atoms with Crippen LogP contribution in [0.25, 0.3) is 0 Å². The number of nitrogens with zero attached hydrogens (tertiary/aromatic N) is 2. The Kier molecular flexibility index (Phi) is 4.50. The summed E-state index contributed by atoms with van der Waals surface area (Å²) in [6, 6.07) is 5.67. The van der Waals surface area contributed by atoms with E-state index in [0.29, 0.717) is 15.6 Å². The van der Waals surface area contributed by atoms with Gasteiger partial charge in [-0.1, -0.05) is 23.2 Å². The van der Waals surface area contributed by atoms with E-state index in [1.165, 1.54) is 42.1 Å². The van der Waals surface area contributed by atoms with Crippen LogP contribution < -0.4 is 0 Å². The molecule has 0 saturated heterocycles. The number of carbonyl (C=O) groups is 1. The molecule has 110 valence electrons. The zero-order valence-corrected chi connectivity index (χ0v) is 12.4. The van der Waals surface area contributed by atoms with E-state index < -0.39 is 10.9 Å². The second-order valence-electron chi connectivity index (χ2n) is 4.19. The Balaban J connectivity index is 2.45. The van der Waals surface area contributed by atoms with Gasteiger partial charge in [-0.15, -0.1) is 0 Å². The van der Waals surface area contributed by atoms with Gasteiger partial charge in [0.2, 0.25) is 0 Å². The smallest absolute Gasteiger partial charge is 0.354 e. The van der Waals surface area contributed by atoms with Gasteiger partial charge >= 0.3 is 5.97 Å². The van der Waals surface area contributed by atoms with Gasteiger partial charge in [-0.25, -0.2) is 4.79 Å². The van der Waals surface area contributed by atoms with E-state index in [-0.39, 0.29) is 17.9 Å². The van der Waals surface area contributed by atoms with Gasteiger partial charge in [-0.05, 0) is 18.2 Å². The number of methoxy groups -OCH3 is 1. The number of hydrogen-bond acceptors (Lipinski definition) is 4. The van der Waals surface area contributed by atoms with Gasteiger partial charge < -0.3 is 9.30 Å². The number of hydrogen-bond donors (Lipinski definition) is 0. The van der Waals surface area contributed by atoms with E-state index in [2.05, 4.69) is 4.74 Å².